The molecule has 2 saturated carbocycles. The molecule has 0 amide bonds. The molecule has 9 heteroatoms. The Kier molecular flexibility index (Phi) is 19.0. The Morgan fingerprint density at radius 2 is 1.92 bits per heavy atom. The molecule has 7 N–H and O–H groups in total. The average molecular weight is 819 g/mol. The molecular weight excluding hydrogens is 741 g/mol. The van der Waals surface area contributed by atoms with Crippen molar-refractivity contribution in [2.75, 3.05) is 33.9 Å². The fourth-order valence-electron chi connectivity index (χ4n) is 10.7. The maximum Gasteiger partial charge on any atom is 0.145 e. The van der Waals surface area contributed by atoms with Crippen LogP contribution in [0.5, 0.6) is 0 Å². The molecule has 0 saturated heterocycles. The number of nitrogens with one attached hydrogen (secondary N) is 2. The van der Waals surface area contributed by atoms with Gasteiger partial charge in [0.15, 0.2) is 0 Å². The van der Waals surface area contributed by atoms with E-state index in [9.17, 15) is 30.3 Å². The van der Waals surface area contributed by atoms with Gasteiger partial charge in [-0.1, -0.05) is 92.5 Å². The number of allylic oxidation sites excluding steroid dienone is 7. The Balaban J connectivity index is 1.72. The normalized spacial score (nSPS) is 33.0. The molecule has 4 rings (SSSR count). The summed E-state index contributed by atoms with van der Waals surface area (Å²) in [5.74, 6) is -0.637. The van der Waals surface area contributed by atoms with Crippen LogP contribution in [0, 0.1) is 23.2 Å². The predicted molar refractivity (Wildman–Crippen MR) is 239 cm³/mol. The number of benzene rings is 1. The number of methoxy groups -OCH3 is 1. The van der Waals surface area contributed by atoms with Crippen LogP contribution in [0.3, 0.4) is 0 Å². The number of rotatable bonds is 19. The Bertz CT molecular complexity index is 1650. The van der Waals surface area contributed by atoms with E-state index in [1.807, 2.05) is 39.1 Å². The van der Waals surface area contributed by atoms with E-state index in [4.69, 9.17) is 4.74 Å². The molecular formula is C50H78N2O7. The molecule has 59 heavy (non-hydrogen) atoms. The number of carbonyl (C=O) groups is 1. The lowest BCUT2D eigenvalue weighted by Crippen LogP contribution is -2.61. The molecule has 3 aliphatic rings. The zero-order valence-electron chi connectivity index (χ0n) is 37.1. The fourth-order valence-corrected chi connectivity index (χ4v) is 10.7. The van der Waals surface area contributed by atoms with E-state index in [2.05, 4.69) is 61.4 Å². The van der Waals surface area contributed by atoms with Gasteiger partial charge < -0.3 is 35.6 Å². The first-order chi connectivity index (χ1) is 28.2. The molecule has 2 bridgehead atoms. The second-order valence-electron chi connectivity index (χ2n) is 18.3. The van der Waals surface area contributed by atoms with Crippen molar-refractivity contribution >= 4 is 6.29 Å². The summed E-state index contributed by atoms with van der Waals surface area (Å²) in [4.78, 5) is 12.2. The van der Waals surface area contributed by atoms with E-state index in [0.29, 0.717) is 76.5 Å². The molecule has 330 valence electrons. The smallest absolute Gasteiger partial charge is 0.145 e. The molecule has 1 spiro atoms. The molecule has 2 aliphatic carbocycles. The number of ether oxygens (including phenoxy) is 1. The third kappa shape index (κ3) is 12.0. The maximum absolute atomic E-state index is 12.8. The summed E-state index contributed by atoms with van der Waals surface area (Å²) in [6.07, 6.45) is 16.4. The van der Waals surface area contributed by atoms with Crippen LogP contribution in [0.2, 0.25) is 0 Å². The van der Waals surface area contributed by atoms with Gasteiger partial charge in [0.2, 0.25) is 0 Å². The van der Waals surface area contributed by atoms with Crippen LogP contribution in [0.4, 0.5) is 0 Å². The molecule has 9 nitrogen and oxygen atoms in total. The van der Waals surface area contributed by atoms with Gasteiger partial charge >= 0.3 is 0 Å². The first-order valence-electron chi connectivity index (χ1n) is 22.5. The minimum Gasteiger partial charge on any atom is -0.396 e. The van der Waals surface area contributed by atoms with Crippen LogP contribution in [0.15, 0.2) is 83.0 Å². The number of aldehydes is 1. The van der Waals surface area contributed by atoms with E-state index < -0.39 is 35.4 Å². The van der Waals surface area contributed by atoms with E-state index in [0.717, 1.165) is 67.1 Å². The minimum atomic E-state index is -1.21. The van der Waals surface area contributed by atoms with Gasteiger partial charge in [0.25, 0.3) is 0 Å². The van der Waals surface area contributed by atoms with Crippen molar-refractivity contribution in [3.8, 4) is 0 Å². The molecule has 0 radical (unpaired) electrons. The number of hydrogen-bond donors (Lipinski definition) is 7. The molecule has 1 aromatic carbocycles. The van der Waals surface area contributed by atoms with E-state index in [1.165, 1.54) is 11.1 Å². The number of hydrogen-bond acceptors (Lipinski definition) is 9. The Morgan fingerprint density at radius 3 is 2.61 bits per heavy atom. The summed E-state index contributed by atoms with van der Waals surface area (Å²) >= 11 is 0. The average Bonchev–Trinajstić information content (AvgIpc) is 3.56. The maximum atomic E-state index is 12.8. The van der Waals surface area contributed by atoms with Crippen molar-refractivity contribution in [3.05, 3.63) is 94.1 Å². The van der Waals surface area contributed by atoms with Gasteiger partial charge in [0, 0.05) is 37.2 Å². The lowest BCUT2D eigenvalue weighted by molar-refractivity contribution is -0.181. The second kappa shape index (κ2) is 22.9. The Morgan fingerprint density at radius 1 is 1.15 bits per heavy atom. The highest BCUT2D eigenvalue weighted by Crippen LogP contribution is 2.64. The fraction of sp³-hybridized carbons (Fsp3) is 0.660. The highest BCUT2D eigenvalue weighted by Gasteiger charge is 2.65. The third-order valence-corrected chi connectivity index (χ3v) is 14.2. The van der Waals surface area contributed by atoms with Gasteiger partial charge in [0.05, 0.1) is 17.8 Å². The molecule has 0 aromatic heterocycles. The zero-order valence-corrected chi connectivity index (χ0v) is 37.1. The lowest BCUT2D eigenvalue weighted by atomic mass is 9.51. The van der Waals surface area contributed by atoms with Gasteiger partial charge in [-0.25, -0.2) is 0 Å². The second-order valence-corrected chi connectivity index (χ2v) is 18.3. The van der Waals surface area contributed by atoms with Crippen LogP contribution >= 0.6 is 0 Å². The van der Waals surface area contributed by atoms with Gasteiger partial charge in [-0.05, 0) is 151 Å². The van der Waals surface area contributed by atoms with Gasteiger partial charge in [-0.2, -0.15) is 0 Å². The topological polar surface area (TPSA) is 152 Å². The van der Waals surface area contributed by atoms with Crippen molar-refractivity contribution in [2.24, 2.45) is 23.2 Å². The highest BCUT2D eigenvalue weighted by atomic mass is 16.5. The van der Waals surface area contributed by atoms with Gasteiger partial charge in [-0.3, -0.25) is 10.1 Å². The van der Waals surface area contributed by atoms with Crippen LogP contribution < -0.4 is 10.6 Å². The number of aliphatic hydroxyl groups is 5. The zero-order chi connectivity index (χ0) is 43.2. The molecule has 0 unspecified atom stereocenters. The lowest BCUT2D eigenvalue weighted by Gasteiger charge is -2.57. The SMILES string of the molecule is C=C(/C=C/C=C(/[C@H](O)CCCCC)[C@@H]1CC[C@]2([C@@H]1O)[C@@H](CCCO)/C(=C(/C)C=O)CC[C@]2(O)CCNC)[C@H]1C/C=C(\C)[C@@H](O)N[C@@](C)(CCOC)Cc2cccc(c2)C1. The number of fused-ring (bicyclic) bond motifs is 2. The van der Waals surface area contributed by atoms with Crippen molar-refractivity contribution in [1.29, 1.82) is 0 Å². The number of unbranched alkanes of at least 4 members (excludes halogenated alkanes) is 2. The summed E-state index contributed by atoms with van der Waals surface area (Å²) in [6.45, 7) is 13.8. The standard InChI is InChI=1S/C50H78N2O7/c1-8-9-10-19-45(55)42(43-23-25-50(46(43)56)44(18-13-29-53)41(37(4)34-54)22-24-49(50,58)26-28-51-6)17-11-14-35(2)40-21-20-36(3)47(57)52-48(5,27-30-59-7)33-39-16-12-15-38(31-39)32-40/h11-12,14-17,20,31,34,40,43-47,51-53,55-58H,2,8-10,13,18-19,21-30,32-33H2,1,3-7H3/b14-11+,36-20+,41-37-,42-17+/t40-,43-,44-,45+,46+,47+,48-,49-,50+/m0/s1. The van der Waals surface area contributed by atoms with Crippen LogP contribution in [-0.2, 0) is 22.4 Å². The molecule has 9 atom stereocenters. The molecule has 1 aliphatic heterocycles. The largest absolute Gasteiger partial charge is 0.396 e. The number of carbonyl (C=O) groups excluding carboxylic acids is 1. The molecule has 2 fully saturated rings. The minimum absolute atomic E-state index is 0.0159. The van der Waals surface area contributed by atoms with Crippen LogP contribution in [-0.4, -0.2) is 95.3 Å². The Hall–Kier alpha value is -2.73. The summed E-state index contributed by atoms with van der Waals surface area (Å²) in [6, 6.07) is 8.68. The van der Waals surface area contributed by atoms with E-state index >= 15 is 0 Å². The monoisotopic (exact) mass is 819 g/mol. The summed E-state index contributed by atoms with van der Waals surface area (Å²) in [5, 5.41) is 65.4. The summed E-state index contributed by atoms with van der Waals surface area (Å²) < 4.78 is 5.42. The molecule has 1 heterocycles. The van der Waals surface area contributed by atoms with Gasteiger partial charge in [-0.15, -0.1) is 0 Å². The Labute approximate surface area is 355 Å². The summed E-state index contributed by atoms with van der Waals surface area (Å²) in [5.41, 5.74) is 4.07. The first kappa shape index (κ1) is 48.9. The molecule has 1 aromatic rings. The summed E-state index contributed by atoms with van der Waals surface area (Å²) in [7, 11) is 3.57. The van der Waals surface area contributed by atoms with Crippen LogP contribution in [0.1, 0.15) is 122 Å². The van der Waals surface area contributed by atoms with Gasteiger partial charge in [0.1, 0.15) is 12.5 Å². The van der Waals surface area contributed by atoms with Crippen molar-refractivity contribution < 1.29 is 35.1 Å². The van der Waals surface area contributed by atoms with Crippen molar-refractivity contribution in [2.45, 2.75) is 154 Å². The van der Waals surface area contributed by atoms with Crippen molar-refractivity contribution in [1.82, 2.24) is 10.6 Å². The van der Waals surface area contributed by atoms with Crippen LogP contribution in [0.25, 0.3) is 0 Å². The number of aliphatic hydroxyl groups excluding tert-OH is 4. The predicted octanol–water partition coefficient (Wildman–Crippen LogP) is 7.22. The van der Waals surface area contributed by atoms with E-state index in [1.54, 1.807) is 7.11 Å². The van der Waals surface area contributed by atoms with Crippen molar-refractivity contribution in [3.63, 3.8) is 0 Å². The highest BCUT2D eigenvalue weighted by molar-refractivity contribution is 5.74. The van der Waals surface area contributed by atoms with E-state index in [-0.39, 0.29) is 24.0 Å². The third-order valence-electron chi connectivity index (χ3n) is 14.2. The first-order valence-corrected chi connectivity index (χ1v) is 22.5. The quantitative estimate of drug-likeness (QED) is 0.0253.